The van der Waals surface area contributed by atoms with Crippen LogP contribution >= 0.6 is 0 Å². The largest absolute Gasteiger partial charge is 0.351 e. The second-order valence-corrected chi connectivity index (χ2v) is 1.49. The fourth-order valence-corrected chi connectivity index (χ4v) is 0.529. The fourth-order valence-electron chi connectivity index (χ4n) is 0.529. The molecule has 2 nitrogen and oxygen atoms in total. The van der Waals surface area contributed by atoms with Crippen LogP contribution in [0.4, 0.5) is 0 Å². The van der Waals surface area contributed by atoms with Gasteiger partial charge in [-0.25, -0.2) is 0 Å². The maximum atomic E-state index is 10.3. The van der Waals surface area contributed by atoms with E-state index in [9.17, 15) is 4.79 Å². The zero-order valence-electron chi connectivity index (χ0n) is 3.98. The second-order valence-electron chi connectivity index (χ2n) is 1.49. The summed E-state index contributed by atoms with van der Waals surface area (Å²) in [7, 11) is 0. The van der Waals surface area contributed by atoms with Crippen LogP contribution in [0.25, 0.3) is 0 Å². The molecule has 1 saturated heterocycles. The van der Waals surface area contributed by atoms with Crippen molar-refractivity contribution in [1.29, 1.82) is 0 Å². The number of amides is 1. The van der Waals surface area contributed by atoms with Crippen molar-refractivity contribution in [1.82, 2.24) is 5.32 Å². The lowest BCUT2D eigenvalue weighted by Gasteiger charge is -2.07. The first-order valence-corrected chi connectivity index (χ1v) is 2.35. The van der Waals surface area contributed by atoms with Crippen LogP contribution in [0.3, 0.4) is 0 Å². The first-order valence-electron chi connectivity index (χ1n) is 2.35. The zero-order chi connectivity index (χ0) is 5.11. The van der Waals surface area contributed by atoms with Gasteiger partial charge in [-0.1, -0.05) is 0 Å². The zero-order valence-corrected chi connectivity index (χ0v) is 3.98. The van der Waals surface area contributed by atoms with Gasteiger partial charge in [0.25, 0.3) is 0 Å². The predicted octanol–water partition coefficient (Wildman–Crippen LogP) is 0.262. The van der Waals surface area contributed by atoms with Gasteiger partial charge in [-0.2, -0.15) is 0 Å². The second kappa shape index (κ2) is 1.96. The molecule has 0 aliphatic carbocycles. The molecule has 0 aromatic rings. The van der Waals surface area contributed by atoms with Crippen LogP contribution in [0.5, 0.6) is 0 Å². The van der Waals surface area contributed by atoms with E-state index in [1.807, 2.05) is 0 Å². The maximum Gasteiger partial charge on any atom is 0.224 e. The van der Waals surface area contributed by atoms with Crippen molar-refractivity contribution in [2.45, 2.75) is 12.8 Å². The van der Waals surface area contributed by atoms with Crippen molar-refractivity contribution >= 4 is 5.91 Å². The molecule has 1 amide bonds. The summed E-state index contributed by atoms with van der Waals surface area (Å²) in [5.74, 6) is 0.0336. The predicted molar refractivity (Wildman–Crippen MR) is 26.0 cm³/mol. The summed E-state index contributed by atoms with van der Waals surface area (Å²) in [6.45, 7) is 1.78. The number of carbonyl (C=O) groups excluding carboxylic acids is 1. The lowest BCUT2D eigenvalue weighted by Crippen LogP contribution is -2.24. The molecule has 0 aromatic heterocycles. The van der Waals surface area contributed by atoms with Gasteiger partial charge in [0, 0.05) is 13.0 Å². The monoisotopic (exact) mass is 97.1 g/mol. The van der Waals surface area contributed by atoms with Crippen LogP contribution in [0.15, 0.2) is 0 Å². The molecule has 1 heterocycles. The molecule has 1 aliphatic rings. The van der Waals surface area contributed by atoms with Crippen LogP contribution in [-0.2, 0) is 4.79 Å². The molecule has 0 bridgehead atoms. The highest BCUT2D eigenvalue weighted by atomic mass is 16.1. The van der Waals surface area contributed by atoms with E-state index >= 15 is 0 Å². The molecule has 0 spiro atoms. The van der Waals surface area contributed by atoms with Crippen LogP contribution in [-0.4, -0.2) is 5.91 Å². The lowest BCUT2D eigenvalue weighted by molar-refractivity contribution is -0.118. The molecule has 2 heteroatoms. The van der Waals surface area contributed by atoms with Crippen molar-refractivity contribution in [3.63, 3.8) is 0 Å². The van der Waals surface area contributed by atoms with Gasteiger partial charge in [0.05, 0.1) is 0 Å². The van der Waals surface area contributed by atoms with Crippen molar-refractivity contribution in [3.8, 4) is 0 Å². The Morgan fingerprint density at radius 1 is 1.57 bits per heavy atom. The standard InChI is InChI=1S/C5H7NO/c7-5-3-1-2-4-6-5/h3-4H,1-2H2,(H,6,7). The Kier molecular flexibility index (Phi) is 1.29. The smallest absolute Gasteiger partial charge is 0.224 e. The number of piperidine rings is 1. The summed E-state index contributed by atoms with van der Waals surface area (Å²) in [5, 5.41) is 2.56. The summed E-state index contributed by atoms with van der Waals surface area (Å²) in [5.41, 5.74) is 0. The van der Waals surface area contributed by atoms with Gasteiger partial charge in [-0.3, -0.25) is 4.79 Å². The molecule has 2 radical (unpaired) electrons. The molecule has 1 N–H and O–H groups in total. The fraction of sp³-hybridized carbons (Fsp3) is 0.400. The van der Waals surface area contributed by atoms with Crippen LogP contribution in [0.1, 0.15) is 12.8 Å². The van der Waals surface area contributed by atoms with Gasteiger partial charge in [0.15, 0.2) is 0 Å². The number of carbonyl (C=O) groups is 1. The average molecular weight is 97.1 g/mol. The molecule has 0 unspecified atom stereocenters. The third-order valence-corrected chi connectivity index (χ3v) is 0.885. The van der Waals surface area contributed by atoms with E-state index in [2.05, 4.69) is 5.32 Å². The van der Waals surface area contributed by atoms with E-state index in [0.29, 0.717) is 0 Å². The van der Waals surface area contributed by atoms with E-state index in [4.69, 9.17) is 0 Å². The summed E-state index contributed by atoms with van der Waals surface area (Å²) in [4.78, 5) is 10.3. The Balaban J connectivity index is 2.25. The highest BCUT2D eigenvalue weighted by molar-refractivity contribution is 5.85. The van der Waals surface area contributed by atoms with Crippen molar-refractivity contribution in [2.24, 2.45) is 0 Å². The van der Waals surface area contributed by atoms with Crippen LogP contribution in [0.2, 0.25) is 0 Å². The number of rotatable bonds is 0. The Hall–Kier alpha value is -0.530. The first-order chi connectivity index (χ1) is 3.39. The molecular formula is C5H7NO. The van der Waals surface area contributed by atoms with Gasteiger partial charge >= 0.3 is 0 Å². The summed E-state index contributed by atoms with van der Waals surface area (Å²) in [6, 6.07) is 0. The highest BCUT2D eigenvalue weighted by Crippen LogP contribution is 2.00. The Bertz CT molecular complexity index is 72.1. The minimum absolute atomic E-state index is 0.0336. The summed E-state index contributed by atoms with van der Waals surface area (Å²) >= 11 is 0. The first kappa shape index (κ1) is 4.62. The van der Waals surface area contributed by atoms with E-state index in [1.54, 1.807) is 13.0 Å². The van der Waals surface area contributed by atoms with Gasteiger partial charge < -0.3 is 5.32 Å². The van der Waals surface area contributed by atoms with E-state index < -0.39 is 0 Å². The third-order valence-electron chi connectivity index (χ3n) is 0.885. The minimum atomic E-state index is 0.0336. The molecule has 1 aliphatic heterocycles. The molecule has 0 saturated carbocycles. The van der Waals surface area contributed by atoms with Gasteiger partial charge in [0.2, 0.25) is 5.91 Å². The molecule has 38 valence electrons. The van der Waals surface area contributed by atoms with E-state index in [0.717, 1.165) is 12.8 Å². The average Bonchev–Trinajstić information content (AvgIpc) is 1.69. The van der Waals surface area contributed by atoms with Crippen molar-refractivity contribution < 1.29 is 4.79 Å². The number of hydrogen-bond donors (Lipinski definition) is 1. The van der Waals surface area contributed by atoms with E-state index in [1.165, 1.54) is 0 Å². The molecular weight excluding hydrogens is 90.1 g/mol. The quantitative estimate of drug-likeness (QED) is 0.461. The maximum absolute atomic E-state index is 10.3. The van der Waals surface area contributed by atoms with Crippen LogP contribution < -0.4 is 5.32 Å². The van der Waals surface area contributed by atoms with Crippen LogP contribution in [0, 0.1) is 13.0 Å². The van der Waals surface area contributed by atoms with Crippen molar-refractivity contribution in [3.05, 3.63) is 13.0 Å². The molecule has 7 heavy (non-hydrogen) atoms. The molecule has 1 rings (SSSR count). The summed E-state index contributed by atoms with van der Waals surface area (Å²) < 4.78 is 0. The minimum Gasteiger partial charge on any atom is -0.351 e. The van der Waals surface area contributed by atoms with Gasteiger partial charge in [-0.05, 0) is 12.8 Å². The molecule has 0 atom stereocenters. The normalized spacial score (nSPS) is 21.4. The third kappa shape index (κ3) is 1.18. The summed E-state index contributed by atoms with van der Waals surface area (Å²) in [6.07, 6.45) is 3.53. The van der Waals surface area contributed by atoms with E-state index in [-0.39, 0.29) is 5.91 Å². The van der Waals surface area contributed by atoms with Gasteiger partial charge in [0.1, 0.15) is 0 Å². The number of nitrogens with one attached hydrogen (secondary N) is 1. The molecule has 0 aromatic carbocycles. The topological polar surface area (TPSA) is 29.1 Å². The Morgan fingerprint density at radius 3 is 2.71 bits per heavy atom. The van der Waals surface area contributed by atoms with Gasteiger partial charge in [-0.15, -0.1) is 0 Å². The lowest BCUT2D eigenvalue weighted by atomic mass is 10.2. The van der Waals surface area contributed by atoms with Crippen molar-refractivity contribution in [2.75, 3.05) is 0 Å². The number of hydrogen-bond acceptors (Lipinski definition) is 1. The Labute approximate surface area is 42.9 Å². The molecule has 1 fully saturated rings. The SMILES string of the molecule is O=C1[CH]CC[CH]N1. The highest BCUT2D eigenvalue weighted by Gasteiger charge is 2.05. The Morgan fingerprint density at radius 2 is 2.43 bits per heavy atom.